The normalized spacial score (nSPS) is 13.1. The van der Waals surface area contributed by atoms with Gasteiger partial charge in [0.2, 0.25) is 0 Å². The van der Waals surface area contributed by atoms with Crippen molar-refractivity contribution in [3.63, 3.8) is 0 Å². The van der Waals surface area contributed by atoms with Crippen molar-refractivity contribution < 1.29 is 0 Å². The van der Waals surface area contributed by atoms with E-state index in [-0.39, 0.29) is 13.4 Å². The Morgan fingerprint density at radius 3 is 0.861 bits per heavy atom. The molecule has 0 amide bonds. The predicted molar refractivity (Wildman–Crippen MR) is 519 cm³/mol. The Kier molecular flexibility index (Phi) is 14.2. The third-order valence-corrected chi connectivity index (χ3v) is 27.1. The van der Waals surface area contributed by atoms with E-state index in [4.69, 9.17) is 0 Å². The highest BCUT2D eigenvalue weighted by molar-refractivity contribution is 7.03. The minimum absolute atomic E-state index is 0.230. The molecule has 21 aromatic carbocycles. The predicted octanol–water partition coefficient (Wildman–Crippen LogP) is 26.3. The summed E-state index contributed by atoms with van der Waals surface area (Å²) in [7, 11) is 0. The molecule has 0 radical (unpaired) electrons. The summed E-state index contributed by atoms with van der Waals surface area (Å²) < 4.78 is 5.25. The van der Waals surface area contributed by atoms with Gasteiger partial charge in [-0.3, -0.25) is 0 Å². The molecule has 562 valence electrons. The maximum atomic E-state index is 2.67. The molecule has 122 heavy (non-hydrogen) atoms. The van der Waals surface area contributed by atoms with Crippen LogP contribution in [-0.4, -0.2) is 22.6 Å². The molecule has 4 aliphatic rings. The lowest BCUT2D eigenvalue weighted by Gasteiger charge is -2.47. The van der Waals surface area contributed by atoms with Gasteiger partial charge in [0.15, 0.2) is 0 Å². The molecule has 23 aromatic rings. The molecule has 0 saturated carbocycles. The van der Waals surface area contributed by atoms with Crippen molar-refractivity contribution in [2.45, 2.75) is 0 Å². The number of rotatable bonds is 8. The summed E-state index contributed by atoms with van der Waals surface area (Å²) >= 11 is 0. The SMILES string of the molecule is c1ccc(N2c3ccccc3B3c4cc5c(cc4N(c4ccccc4)c4cc(-n6c7ccc(-c8cccc9ccccc89)cc7c7c8ccccc8c8ccccc8c76)cc2c43)N(c2ccccc2)c2cc(-n3c4ccc(-c6cccc7ccccc67)cc4c4c6ccccc6c6ccccc6c43)cc3c2B5c2ccccc2N3c2ccccc2)cc1. The molecule has 4 aliphatic heterocycles. The molecule has 27 rings (SSSR count). The number of nitrogens with zero attached hydrogens (tertiary/aromatic N) is 6. The van der Waals surface area contributed by atoms with Crippen LogP contribution in [0.5, 0.6) is 0 Å². The van der Waals surface area contributed by atoms with Crippen molar-refractivity contribution in [1.29, 1.82) is 0 Å². The fourth-order valence-electron chi connectivity index (χ4n) is 22.2. The van der Waals surface area contributed by atoms with Crippen molar-refractivity contribution in [3.8, 4) is 33.6 Å². The zero-order valence-electron chi connectivity index (χ0n) is 66.3. The molecule has 0 unspecified atom stereocenters. The number of hydrogen-bond donors (Lipinski definition) is 0. The Morgan fingerprint density at radius 1 is 0.172 bits per heavy atom. The van der Waals surface area contributed by atoms with Gasteiger partial charge in [0.05, 0.1) is 33.4 Å². The van der Waals surface area contributed by atoms with Crippen LogP contribution in [0, 0.1) is 0 Å². The van der Waals surface area contributed by atoms with Gasteiger partial charge in [0.1, 0.15) is 0 Å². The molecule has 0 spiro atoms. The fourth-order valence-corrected chi connectivity index (χ4v) is 22.2. The Labute approximate surface area is 704 Å². The first-order chi connectivity index (χ1) is 60.6. The van der Waals surface area contributed by atoms with Gasteiger partial charge in [-0.2, -0.15) is 0 Å². The number of para-hydroxylation sites is 6. The molecular weight excluding hydrogens is 1470 g/mol. The van der Waals surface area contributed by atoms with Gasteiger partial charge < -0.3 is 28.7 Å². The lowest BCUT2D eigenvalue weighted by Crippen LogP contribution is -2.65. The van der Waals surface area contributed by atoms with E-state index in [0.29, 0.717) is 0 Å². The second-order valence-electron chi connectivity index (χ2n) is 33.3. The Bertz CT molecular complexity index is 7950. The van der Waals surface area contributed by atoms with E-state index in [1.54, 1.807) is 0 Å². The van der Waals surface area contributed by atoms with E-state index < -0.39 is 0 Å². The second kappa shape index (κ2) is 25.8. The standard InChI is InChI=1S/C114H70B2N6/c1-5-35-75(36-6-1)117-101-57-27-25-55-95(101)115-97-69-98-104(70-103(97)119(77-39-9-3-10-40-77)107-67-79(65-105(117)111(107)115)121-99-61-59-73(83-53-29-33-71-31-13-15-43-81(71)83)63-93(99)109-89-49-21-17-45-85(89)87-47-19-23-51-91(87)113(109)121)120(78-41-11-4-12-42-78)108-68-80(66-106-112(108)116(98)96-56-26-28-58-102(96)118(106)76-37-7-2-8-38-76)122-100-62-60-74(84-54-30-34-72-32-14-16-44-82(72)84)64-94(100)110-90-50-22-18-46-86(90)88-48-20-24-52-92(88)114(110)122/h1-70H. The maximum Gasteiger partial charge on any atom is 0.252 e. The van der Waals surface area contributed by atoms with Crippen LogP contribution in [-0.2, 0) is 0 Å². The average molecular weight is 1550 g/mol. The number of fused-ring (bicyclic) bond motifs is 26. The Morgan fingerprint density at radius 2 is 0.475 bits per heavy atom. The molecule has 6 heterocycles. The number of aromatic nitrogens is 2. The highest BCUT2D eigenvalue weighted by Gasteiger charge is 2.49. The lowest BCUT2D eigenvalue weighted by atomic mass is 9.30. The van der Waals surface area contributed by atoms with Crippen LogP contribution in [0.1, 0.15) is 0 Å². The van der Waals surface area contributed by atoms with Gasteiger partial charge in [-0.1, -0.05) is 309 Å². The first-order valence-corrected chi connectivity index (χ1v) is 42.4. The van der Waals surface area contributed by atoms with Gasteiger partial charge in [0.25, 0.3) is 13.4 Å². The number of benzene rings is 21. The zero-order valence-corrected chi connectivity index (χ0v) is 66.3. The molecule has 0 saturated heterocycles. The van der Waals surface area contributed by atoms with Crippen LogP contribution in [0.25, 0.3) is 142 Å². The quantitative estimate of drug-likeness (QED) is 0.112. The van der Waals surface area contributed by atoms with Crippen LogP contribution in [0.15, 0.2) is 425 Å². The highest BCUT2D eigenvalue weighted by atomic mass is 15.2. The number of hydrogen-bond acceptors (Lipinski definition) is 4. The summed E-state index contributed by atoms with van der Waals surface area (Å²) in [5.74, 6) is 0. The van der Waals surface area contributed by atoms with Gasteiger partial charge in [-0.15, -0.1) is 0 Å². The van der Waals surface area contributed by atoms with Crippen LogP contribution in [0.2, 0.25) is 0 Å². The summed E-state index contributed by atoms with van der Waals surface area (Å²) in [6.45, 7) is -0.459. The van der Waals surface area contributed by atoms with Crippen molar-refractivity contribution in [1.82, 2.24) is 9.13 Å². The highest BCUT2D eigenvalue weighted by Crippen LogP contribution is 2.54. The molecule has 0 bridgehead atoms. The van der Waals surface area contributed by atoms with Gasteiger partial charge in [0, 0.05) is 101 Å². The molecule has 0 N–H and O–H groups in total. The first kappa shape index (κ1) is 67.2. The van der Waals surface area contributed by atoms with Crippen LogP contribution in [0.4, 0.5) is 68.2 Å². The summed E-state index contributed by atoms with van der Waals surface area (Å²) in [5, 5.41) is 19.6. The number of anilines is 12. The smallest absolute Gasteiger partial charge is 0.252 e. The van der Waals surface area contributed by atoms with Crippen LogP contribution < -0.4 is 52.4 Å². The molecule has 2 aromatic heterocycles. The first-order valence-electron chi connectivity index (χ1n) is 42.4. The summed E-state index contributed by atoms with van der Waals surface area (Å²) in [4.78, 5) is 10.4. The molecule has 0 aliphatic carbocycles. The molecule has 0 atom stereocenters. The monoisotopic (exact) mass is 1540 g/mol. The van der Waals surface area contributed by atoms with Gasteiger partial charge in [-0.05, 0) is 224 Å². The molecule has 8 heteroatoms. The summed E-state index contributed by atoms with van der Waals surface area (Å²) in [6.07, 6.45) is 0. The van der Waals surface area contributed by atoms with Crippen LogP contribution in [0.3, 0.4) is 0 Å². The lowest BCUT2D eigenvalue weighted by molar-refractivity contribution is 1.16. The summed E-state index contributed by atoms with van der Waals surface area (Å²) in [6, 6.07) is 161. The average Bonchev–Trinajstić information content (AvgIpc) is 0.727. The topological polar surface area (TPSA) is 22.8 Å². The van der Waals surface area contributed by atoms with Crippen molar-refractivity contribution in [3.05, 3.63) is 425 Å². The molecular formula is C114H70B2N6. The van der Waals surface area contributed by atoms with Crippen molar-refractivity contribution >= 4 is 223 Å². The largest absolute Gasteiger partial charge is 0.311 e. The third-order valence-electron chi connectivity index (χ3n) is 27.1. The molecule has 6 nitrogen and oxygen atoms in total. The van der Waals surface area contributed by atoms with E-state index in [9.17, 15) is 0 Å². The zero-order chi connectivity index (χ0) is 79.5. The van der Waals surface area contributed by atoms with Crippen molar-refractivity contribution in [2.75, 3.05) is 19.6 Å². The Hall–Kier alpha value is -15.9. The van der Waals surface area contributed by atoms with Crippen LogP contribution >= 0.6 is 0 Å². The Balaban J connectivity index is 0.763. The van der Waals surface area contributed by atoms with Gasteiger partial charge in [-0.25, -0.2) is 0 Å². The third kappa shape index (κ3) is 9.46. The summed E-state index contributed by atoms with van der Waals surface area (Å²) in [5.41, 5.74) is 32.4. The minimum atomic E-state index is -0.230. The minimum Gasteiger partial charge on any atom is -0.311 e. The van der Waals surface area contributed by atoms with Crippen molar-refractivity contribution in [2.24, 2.45) is 0 Å². The van der Waals surface area contributed by atoms with Gasteiger partial charge >= 0.3 is 0 Å². The fraction of sp³-hybridized carbons (Fsp3) is 0. The maximum absolute atomic E-state index is 2.67. The van der Waals surface area contributed by atoms with E-state index in [1.807, 2.05) is 0 Å². The van der Waals surface area contributed by atoms with E-state index in [1.165, 1.54) is 152 Å². The van der Waals surface area contributed by atoms with E-state index in [2.05, 4.69) is 453 Å². The van der Waals surface area contributed by atoms with E-state index >= 15 is 0 Å². The van der Waals surface area contributed by atoms with E-state index in [0.717, 1.165) is 90.7 Å². The second-order valence-corrected chi connectivity index (χ2v) is 33.3. The molecule has 0 fully saturated rings.